The first-order valence-electron chi connectivity index (χ1n) is 14.0. The maximum Gasteiger partial charge on any atom is 0.404 e. The van der Waals surface area contributed by atoms with Crippen LogP contribution in [0.4, 0.5) is 10.5 Å². The van der Waals surface area contributed by atoms with Crippen molar-refractivity contribution in [1.29, 1.82) is 0 Å². The SMILES string of the molecule is CC.CC(C)CN(CCCNC(=O)O)S(=O)(=O)c1ccc(N)cc1.COCC[C@H]1CCOC1.Cc1ccccc1. The molecule has 0 bridgehead atoms. The minimum Gasteiger partial charge on any atom is -0.465 e. The summed E-state index contributed by atoms with van der Waals surface area (Å²) in [5, 5.41) is 10.8. The van der Waals surface area contributed by atoms with Crippen LogP contribution in [0.25, 0.3) is 0 Å². The van der Waals surface area contributed by atoms with Crippen molar-refractivity contribution in [3.8, 4) is 0 Å². The lowest BCUT2D eigenvalue weighted by Gasteiger charge is -2.24. The number of rotatable bonds is 11. The first-order chi connectivity index (χ1) is 19.1. The fraction of sp³-hybridized carbons (Fsp3) is 0.567. The Morgan fingerprint density at radius 3 is 2.23 bits per heavy atom. The van der Waals surface area contributed by atoms with Crippen molar-refractivity contribution in [1.82, 2.24) is 9.62 Å². The normalized spacial score (nSPS) is 14.2. The van der Waals surface area contributed by atoms with E-state index in [2.05, 4.69) is 24.4 Å². The lowest BCUT2D eigenvalue weighted by molar-refractivity contribution is 0.156. The molecule has 0 unspecified atom stereocenters. The molecule has 1 amide bonds. The van der Waals surface area contributed by atoms with E-state index in [-0.39, 0.29) is 23.9 Å². The predicted molar refractivity (Wildman–Crippen MR) is 163 cm³/mol. The van der Waals surface area contributed by atoms with E-state index in [0.717, 1.165) is 32.2 Å². The Bertz CT molecular complexity index is 996. The van der Waals surface area contributed by atoms with Crippen LogP contribution in [0.3, 0.4) is 0 Å². The highest BCUT2D eigenvalue weighted by atomic mass is 32.2. The Labute approximate surface area is 242 Å². The van der Waals surface area contributed by atoms with Crippen LogP contribution in [0.2, 0.25) is 0 Å². The molecular formula is C30H51N3O6S. The summed E-state index contributed by atoms with van der Waals surface area (Å²) in [7, 11) is -1.87. The minimum absolute atomic E-state index is 0.163. The molecule has 3 rings (SSSR count). The van der Waals surface area contributed by atoms with Gasteiger partial charge in [-0.05, 0) is 62.3 Å². The minimum atomic E-state index is -3.61. The van der Waals surface area contributed by atoms with Crippen LogP contribution in [0, 0.1) is 18.8 Å². The van der Waals surface area contributed by atoms with Crippen LogP contribution in [-0.4, -0.2) is 70.5 Å². The number of nitrogen functional groups attached to an aromatic ring is 1. The second-order valence-corrected chi connectivity index (χ2v) is 11.5. The Hall–Kier alpha value is -2.66. The van der Waals surface area contributed by atoms with Gasteiger partial charge in [0, 0.05) is 52.3 Å². The molecule has 1 fully saturated rings. The molecule has 1 saturated heterocycles. The largest absolute Gasteiger partial charge is 0.465 e. The van der Waals surface area contributed by atoms with Crippen molar-refractivity contribution in [2.45, 2.75) is 58.8 Å². The molecule has 1 heterocycles. The number of nitrogens with two attached hydrogens (primary N) is 1. The van der Waals surface area contributed by atoms with Gasteiger partial charge in [0.1, 0.15) is 0 Å². The summed E-state index contributed by atoms with van der Waals surface area (Å²) in [5.74, 6) is 0.931. The molecule has 0 radical (unpaired) electrons. The number of carbonyl (C=O) groups is 1. The van der Waals surface area contributed by atoms with Gasteiger partial charge in [-0.3, -0.25) is 0 Å². The first kappa shape index (κ1) is 37.3. The van der Waals surface area contributed by atoms with Crippen molar-refractivity contribution < 1.29 is 27.8 Å². The highest BCUT2D eigenvalue weighted by Crippen LogP contribution is 2.19. The second kappa shape index (κ2) is 22.1. The number of carboxylic acid groups (broad SMARTS) is 1. The molecule has 10 heteroatoms. The number of ether oxygens (including phenoxy) is 2. The fourth-order valence-electron chi connectivity index (χ4n) is 3.59. The van der Waals surface area contributed by atoms with Gasteiger partial charge < -0.3 is 25.6 Å². The highest BCUT2D eigenvalue weighted by molar-refractivity contribution is 7.89. The number of benzene rings is 2. The van der Waals surface area contributed by atoms with E-state index < -0.39 is 16.1 Å². The second-order valence-electron chi connectivity index (χ2n) is 9.58. The summed E-state index contributed by atoms with van der Waals surface area (Å²) in [5.41, 5.74) is 7.40. The summed E-state index contributed by atoms with van der Waals surface area (Å²) in [4.78, 5) is 10.6. The van der Waals surface area contributed by atoms with E-state index in [4.69, 9.17) is 20.3 Å². The summed E-state index contributed by atoms with van der Waals surface area (Å²) in [6.45, 7) is 13.6. The number of nitrogens with one attached hydrogen (secondary N) is 1. The Kier molecular flexibility index (Phi) is 20.6. The van der Waals surface area contributed by atoms with Crippen molar-refractivity contribution in [3.05, 3.63) is 60.2 Å². The molecule has 9 nitrogen and oxygen atoms in total. The standard InChI is InChI=1S/C14H23N3O4S.C7H14O2.C7H8.C2H6/c1-11(2)10-17(9-3-8-16-14(18)19)22(20,21)13-6-4-12(15)5-7-13;1-8-4-2-7-3-5-9-6-7;1-7-5-3-2-4-6-7;1-2/h4-7,11,16H,3,8-10,15H2,1-2H3,(H,18,19);7H,2-6H2,1H3;2-6H,1H3;1-2H3/t;7-;;/m.0../s1. The maximum atomic E-state index is 12.7. The fourth-order valence-corrected chi connectivity index (χ4v) is 5.23. The smallest absolute Gasteiger partial charge is 0.404 e. The lowest BCUT2D eigenvalue weighted by atomic mass is 10.1. The lowest BCUT2D eigenvalue weighted by Crippen LogP contribution is -2.36. The summed E-state index contributed by atoms with van der Waals surface area (Å²) < 4.78 is 36.8. The number of anilines is 1. The Balaban J connectivity index is 0.000000683. The van der Waals surface area contributed by atoms with E-state index in [0.29, 0.717) is 18.7 Å². The molecule has 1 atom stereocenters. The third-order valence-corrected chi connectivity index (χ3v) is 7.52. The molecule has 0 aliphatic carbocycles. The molecule has 0 saturated carbocycles. The van der Waals surface area contributed by atoms with Crippen molar-refractivity contribution in [2.75, 3.05) is 52.3 Å². The van der Waals surface area contributed by atoms with Gasteiger partial charge in [0.15, 0.2) is 0 Å². The van der Waals surface area contributed by atoms with Crippen molar-refractivity contribution in [2.24, 2.45) is 11.8 Å². The van der Waals surface area contributed by atoms with Gasteiger partial charge in [0.05, 0.1) is 4.90 Å². The quantitative estimate of drug-likeness (QED) is 0.231. The summed E-state index contributed by atoms with van der Waals surface area (Å²) in [6, 6.07) is 16.3. The van der Waals surface area contributed by atoms with Gasteiger partial charge in [-0.1, -0.05) is 63.6 Å². The summed E-state index contributed by atoms with van der Waals surface area (Å²) in [6.07, 6.45) is 1.68. The van der Waals surface area contributed by atoms with E-state index in [1.165, 1.54) is 28.4 Å². The van der Waals surface area contributed by atoms with Crippen LogP contribution in [0.1, 0.15) is 52.5 Å². The topological polar surface area (TPSA) is 131 Å². The highest BCUT2D eigenvalue weighted by Gasteiger charge is 2.24. The molecule has 228 valence electrons. The molecule has 0 spiro atoms. The molecule has 0 aromatic heterocycles. The average molecular weight is 582 g/mol. The number of aryl methyl sites for hydroxylation is 1. The molecule has 2 aromatic carbocycles. The number of nitrogens with zero attached hydrogens (tertiary/aromatic N) is 1. The van der Waals surface area contributed by atoms with Crippen LogP contribution >= 0.6 is 0 Å². The van der Waals surface area contributed by atoms with Crippen molar-refractivity contribution in [3.63, 3.8) is 0 Å². The van der Waals surface area contributed by atoms with Crippen LogP contribution in [0.5, 0.6) is 0 Å². The zero-order chi connectivity index (χ0) is 30.4. The summed E-state index contributed by atoms with van der Waals surface area (Å²) >= 11 is 0. The van der Waals surface area contributed by atoms with E-state index in [9.17, 15) is 13.2 Å². The van der Waals surface area contributed by atoms with Crippen LogP contribution in [0.15, 0.2) is 59.5 Å². The maximum absolute atomic E-state index is 12.7. The molecule has 2 aromatic rings. The Morgan fingerprint density at radius 1 is 1.15 bits per heavy atom. The number of hydrogen-bond donors (Lipinski definition) is 3. The van der Waals surface area contributed by atoms with Gasteiger partial charge in [0.2, 0.25) is 10.0 Å². The number of amides is 1. The van der Waals surface area contributed by atoms with Gasteiger partial charge in [-0.2, -0.15) is 4.31 Å². The van der Waals surface area contributed by atoms with Gasteiger partial charge in [-0.25, -0.2) is 13.2 Å². The van der Waals surface area contributed by atoms with Crippen molar-refractivity contribution >= 4 is 21.8 Å². The van der Waals surface area contributed by atoms with E-state index in [1.807, 2.05) is 45.9 Å². The first-order valence-corrected chi connectivity index (χ1v) is 15.4. The Morgan fingerprint density at radius 2 is 1.77 bits per heavy atom. The number of sulfonamides is 1. The third-order valence-electron chi connectivity index (χ3n) is 5.64. The monoisotopic (exact) mass is 581 g/mol. The molecule has 1 aliphatic rings. The number of hydrogen-bond acceptors (Lipinski definition) is 6. The van der Waals surface area contributed by atoms with Gasteiger partial charge in [0.25, 0.3) is 0 Å². The number of methoxy groups -OCH3 is 1. The molecule has 40 heavy (non-hydrogen) atoms. The zero-order valence-corrected chi connectivity index (χ0v) is 26.0. The van der Waals surface area contributed by atoms with Gasteiger partial charge in [-0.15, -0.1) is 0 Å². The third kappa shape index (κ3) is 17.1. The van der Waals surface area contributed by atoms with Crippen LogP contribution < -0.4 is 11.1 Å². The molecule has 1 aliphatic heterocycles. The van der Waals surface area contributed by atoms with E-state index >= 15 is 0 Å². The molecule has 4 N–H and O–H groups in total. The zero-order valence-electron chi connectivity index (χ0n) is 25.1. The molecular weight excluding hydrogens is 530 g/mol. The van der Waals surface area contributed by atoms with Crippen LogP contribution in [-0.2, 0) is 19.5 Å². The van der Waals surface area contributed by atoms with Gasteiger partial charge >= 0.3 is 6.09 Å². The average Bonchev–Trinajstić information content (AvgIpc) is 3.45. The van der Waals surface area contributed by atoms with E-state index in [1.54, 1.807) is 19.2 Å². The predicted octanol–water partition coefficient (Wildman–Crippen LogP) is 5.65.